The summed E-state index contributed by atoms with van der Waals surface area (Å²) in [4.78, 5) is 24.2. The van der Waals surface area contributed by atoms with Crippen LogP contribution in [0.3, 0.4) is 0 Å². The Labute approximate surface area is 105 Å². The first-order valence-corrected chi connectivity index (χ1v) is 6.88. The largest absolute Gasteiger partial charge is 0.469 e. The Hall–Kier alpha value is -1.06. The minimum atomic E-state index is -0.215. The maximum Gasteiger partial charge on any atom is 0.309 e. The van der Waals surface area contributed by atoms with Crippen LogP contribution in [0.2, 0.25) is 0 Å². The van der Waals surface area contributed by atoms with Gasteiger partial charge in [0.1, 0.15) is 0 Å². The van der Waals surface area contributed by atoms with E-state index in [0.717, 1.165) is 35.5 Å². The molecule has 0 amide bonds. The average molecular weight is 248 g/mol. The molecule has 6 aliphatic rings. The number of carbonyl (C=O) groups excluding carboxylic acids is 2. The van der Waals surface area contributed by atoms with Crippen LogP contribution in [-0.2, 0) is 19.1 Å². The number of fused-ring (bicyclic) bond motifs is 1. The molecule has 6 aliphatic carbocycles. The maximum absolute atomic E-state index is 12.1. The molecule has 96 valence electrons. The highest BCUT2D eigenvalue weighted by molar-refractivity contribution is 5.84. The molecular formula is C14H16O4. The molecule has 0 N–H and O–H groups in total. The minimum Gasteiger partial charge on any atom is -0.469 e. The van der Waals surface area contributed by atoms with Crippen LogP contribution in [0.15, 0.2) is 0 Å². The third-order valence-corrected chi connectivity index (χ3v) is 6.77. The van der Waals surface area contributed by atoms with Crippen molar-refractivity contribution in [1.82, 2.24) is 0 Å². The Balaban J connectivity index is 1.60. The Morgan fingerprint density at radius 1 is 0.611 bits per heavy atom. The van der Waals surface area contributed by atoms with Gasteiger partial charge in [0.2, 0.25) is 0 Å². The van der Waals surface area contributed by atoms with Crippen LogP contribution >= 0.6 is 0 Å². The molecule has 0 radical (unpaired) electrons. The third kappa shape index (κ3) is 0.733. The van der Waals surface area contributed by atoms with Gasteiger partial charge in [-0.3, -0.25) is 9.59 Å². The van der Waals surface area contributed by atoms with Crippen LogP contribution in [0.1, 0.15) is 0 Å². The zero-order chi connectivity index (χ0) is 12.3. The molecule has 10 atom stereocenters. The molecule has 2 bridgehead atoms. The van der Waals surface area contributed by atoms with Crippen molar-refractivity contribution in [2.24, 2.45) is 59.2 Å². The van der Waals surface area contributed by atoms with E-state index in [0.29, 0.717) is 11.8 Å². The molecule has 4 nitrogen and oxygen atoms in total. The molecule has 4 unspecified atom stereocenters. The normalized spacial score (nSPS) is 63.4. The second-order valence-electron chi connectivity index (χ2n) is 6.72. The molecule has 4 heteroatoms. The van der Waals surface area contributed by atoms with E-state index in [1.54, 1.807) is 0 Å². The number of rotatable bonds is 2. The zero-order valence-corrected chi connectivity index (χ0v) is 10.4. The second kappa shape index (κ2) is 2.61. The summed E-state index contributed by atoms with van der Waals surface area (Å²) < 4.78 is 9.93. The highest BCUT2D eigenvalue weighted by atomic mass is 16.5. The monoisotopic (exact) mass is 248 g/mol. The van der Waals surface area contributed by atoms with Gasteiger partial charge in [-0.25, -0.2) is 0 Å². The van der Waals surface area contributed by atoms with E-state index in [1.165, 1.54) is 14.2 Å². The maximum atomic E-state index is 12.1. The first-order valence-electron chi connectivity index (χ1n) is 6.88. The summed E-state index contributed by atoms with van der Waals surface area (Å²) in [5.41, 5.74) is 0. The number of hydrogen-bond acceptors (Lipinski definition) is 4. The number of ether oxygens (including phenoxy) is 2. The Kier molecular flexibility index (Phi) is 1.42. The Morgan fingerprint density at radius 2 is 0.889 bits per heavy atom. The van der Waals surface area contributed by atoms with E-state index in [9.17, 15) is 9.59 Å². The lowest BCUT2D eigenvalue weighted by atomic mass is 9.58. The molecule has 0 saturated heterocycles. The smallest absolute Gasteiger partial charge is 0.309 e. The van der Waals surface area contributed by atoms with Crippen LogP contribution in [0.25, 0.3) is 0 Å². The topological polar surface area (TPSA) is 52.6 Å². The van der Waals surface area contributed by atoms with Crippen LogP contribution in [0.5, 0.6) is 0 Å². The van der Waals surface area contributed by atoms with Crippen molar-refractivity contribution in [2.75, 3.05) is 14.2 Å². The first kappa shape index (κ1) is 9.82. The van der Waals surface area contributed by atoms with Crippen LogP contribution in [0, 0.1) is 59.2 Å². The number of carbonyl (C=O) groups is 2. The quantitative estimate of drug-likeness (QED) is 0.670. The van der Waals surface area contributed by atoms with Gasteiger partial charge in [0, 0.05) is 0 Å². The molecule has 0 aromatic rings. The fraction of sp³-hybridized carbons (Fsp3) is 0.857. The van der Waals surface area contributed by atoms with Crippen molar-refractivity contribution in [1.29, 1.82) is 0 Å². The standard InChI is InChI=1S/C14H16O4/c1-17-13(15)11-9-5-3-4-6(9)8(4)10(7(3)5)12(11)14(16)18-2/h3-12H,1-2H3/t3?,4?,5-,6+,7+,8-,9?,10?,11-,12+. The summed E-state index contributed by atoms with van der Waals surface area (Å²) in [5.74, 6) is 4.69. The average Bonchev–Trinajstić information content (AvgIpc) is 3.24. The third-order valence-electron chi connectivity index (χ3n) is 6.77. The van der Waals surface area contributed by atoms with E-state index < -0.39 is 0 Å². The summed E-state index contributed by atoms with van der Waals surface area (Å²) >= 11 is 0. The number of esters is 2. The molecule has 0 heterocycles. The molecular weight excluding hydrogens is 232 g/mol. The van der Waals surface area contributed by atoms with Gasteiger partial charge in [0.05, 0.1) is 26.1 Å². The van der Waals surface area contributed by atoms with Crippen LogP contribution in [0.4, 0.5) is 0 Å². The zero-order valence-electron chi connectivity index (χ0n) is 10.4. The molecule has 18 heavy (non-hydrogen) atoms. The van der Waals surface area contributed by atoms with Gasteiger partial charge < -0.3 is 9.47 Å². The lowest BCUT2D eigenvalue weighted by molar-refractivity contribution is -0.171. The van der Waals surface area contributed by atoms with Crippen LogP contribution in [-0.4, -0.2) is 26.2 Å². The molecule has 0 aromatic carbocycles. The van der Waals surface area contributed by atoms with Gasteiger partial charge in [-0.2, -0.15) is 0 Å². The van der Waals surface area contributed by atoms with E-state index in [-0.39, 0.29) is 23.8 Å². The highest BCUT2D eigenvalue weighted by Crippen LogP contribution is 2.93. The van der Waals surface area contributed by atoms with Gasteiger partial charge >= 0.3 is 11.9 Å². The summed E-state index contributed by atoms with van der Waals surface area (Å²) in [6.07, 6.45) is 0. The second-order valence-corrected chi connectivity index (χ2v) is 6.72. The molecule has 6 rings (SSSR count). The summed E-state index contributed by atoms with van der Waals surface area (Å²) in [6.45, 7) is 0. The predicted molar refractivity (Wildman–Crippen MR) is 58.9 cm³/mol. The molecule has 6 saturated carbocycles. The van der Waals surface area contributed by atoms with Gasteiger partial charge in [-0.05, 0) is 47.3 Å². The predicted octanol–water partition coefficient (Wildman–Crippen LogP) is 0.562. The van der Waals surface area contributed by atoms with Crippen molar-refractivity contribution in [3.63, 3.8) is 0 Å². The van der Waals surface area contributed by atoms with Gasteiger partial charge in [0.25, 0.3) is 0 Å². The number of hydrogen-bond donors (Lipinski definition) is 0. The summed E-state index contributed by atoms with van der Waals surface area (Å²) in [5, 5.41) is 0. The Morgan fingerprint density at radius 3 is 1.17 bits per heavy atom. The van der Waals surface area contributed by atoms with Gasteiger partial charge in [-0.1, -0.05) is 0 Å². The highest BCUT2D eigenvalue weighted by Gasteiger charge is 2.92. The van der Waals surface area contributed by atoms with Gasteiger partial charge in [0.15, 0.2) is 0 Å². The van der Waals surface area contributed by atoms with Gasteiger partial charge in [-0.15, -0.1) is 0 Å². The van der Waals surface area contributed by atoms with Crippen molar-refractivity contribution in [3.05, 3.63) is 0 Å². The fourth-order valence-electron chi connectivity index (χ4n) is 6.68. The lowest BCUT2D eigenvalue weighted by Gasteiger charge is -2.44. The van der Waals surface area contributed by atoms with E-state index in [4.69, 9.17) is 9.47 Å². The molecule has 0 spiro atoms. The molecule has 6 fully saturated rings. The van der Waals surface area contributed by atoms with E-state index in [2.05, 4.69) is 0 Å². The van der Waals surface area contributed by atoms with Crippen molar-refractivity contribution >= 4 is 11.9 Å². The molecule has 0 aliphatic heterocycles. The number of methoxy groups -OCH3 is 2. The fourth-order valence-corrected chi connectivity index (χ4v) is 6.68. The molecule has 0 aromatic heterocycles. The lowest BCUT2D eigenvalue weighted by Crippen LogP contribution is -2.51. The summed E-state index contributed by atoms with van der Waals surface area (Å²) in [7, 11) is 2.86. The van der Waals surface area contributed by atoms with Crippen molar-refractivity contribution in [3.8, 4) is 0 Å². The minimum absolute atomic E-state index is 0.185. The first-order chi connectivity index (χ1) is 8.72. The van der Waals surface area contributed by atoms with Crippen LogP contribution < -0.4 is 0 Å². The Bertz CT molecular complexity index is 422. The van der Waals surface area contributed by atoms with E-state index >= 15 is 0 Å². The SMILES string of the molecule is COC(=O)[C@@H]1C2[C@H]3C4C5[C@H](C([C@H]43)[C@@H]1C(=O)OC)[C@@H]52. The van der Waals surface area contributed by atoms with Crippen molar-refractivity contribution < 1.29 is 19.1 Å². The summed E-state index contributed by atoms with van der Waals surface area (Å²) in [6, 6.07) is 0. The van der Waals surface area contributed by atoms with Crippen molar-refractivity contribution in [2.45, 2.75) is 0 Å². The van der Waals surface area contributed by atoms with E-state index in [1.807, 2.05) is 0 Å².